The number of nitrogens with zero attached hydrogens (tertiary/aromatic N) is 2. The molecular formula is C19H34N4O. The lowest BCUT2D eigenvalue weighted by Gasteiger charge is -2.18. The fourth-order valence-electron chi connectivity index (χ4n) is 2.71. The lowest BCUT2D eigenvalue weighted by molar-refractivity contribution is 0.180. The second-order valence-electron chi connectivity index (χ2n) is 6.32. The molecule has 0 spiro atoms. The zero-order valence-electron chi connectivity index (χ0n) is 16.0. The normalized spacial score (nSPS) is 11.8. The molecule has 5 heteroatoms. The molecule has 0 heterocycles. The molecule has 1 aromatic carbocycles. The first-order valence-corrected chi connectivity index (χ1v) is 8.74. The Morgan fingerprint density at radius 2 is 1.75 bits per heavy atom. The Bertz CT molecular complexity index is 482. The van der Waals surface area contributed by atoms with Gasteiger partial charge in [-0.2, -0.15) is 0 Å². The molecular weight excluding hydrogens is 300 g/mol. The Labute approximate surface area is 147 Å². The molecule has 0 saturated heterocycles. The summed E-state index contributed by atoms with van der Waals surface area (Å²) in [5.41, 5.74) is 4.02. The van der Waals surface area contributed by atoms with E-state index < -0.39 is 0 Å². The zero-order valence-corrected chi connectivity index (χ0v) is 16.0. The molecule has 2 N–H and O–H groups in total. The van der Waals surface area contributed by atoms with Crippen molar-refractivity contribution in [2.24, 2.45) is 4.99 Å². The van der Waals surface area contributed by atoms with Crippen molar-refractivity contribution in [3.8, 4) is 0 Å². The van der Waals surface area contributed by atoms with Gasteiger partial charge in [-0.25, -0.2) is 0 Å². The van der Waals surface area contributed by atoms with Gasteiger partial charge in [-0.15, -0.1) is 0 Å². The van der Waals surface area contributed by atoms with Gasteiger partial charge >= 0.3 is 0 Å². The molecule has 0 atom stereocenters. The monoisotopic (exact) mass is 334 g/mol. The van der Waals surface area contributed by atoms with Crippen LogP contribution in [0.3, 0.4) is 0 Å². The topological polar surface area (TPSA) is 48.9 Å². The molecule has 0 saturated carbocycles. The van der Waals surface area contributed by atoms with Crippen molar-refractivity contribution in [2.45, 2.75) is 26.7 Å². The Morgan fingerprint density at radius 1 is 1.08 bits per heavy atom. The standard InChI is InChI=1S/C19H34N4O/c1-16-13-17(2)15-18(14-16)7-8-21-19(20-3)22-9-11-23(4)10-6-12-24-5/h13-15H,6-12H2,1-5H3,(H2,20,21,22). The SMILES string of the molecule is CN=C(NCCc1cc(C)cc(C)c1)NCCN(C)CCCOC. The Kier molecular flexibility index (Phi) is 10.1. The third kappa shape index (κ3) is 8.89. The number of aryl methyl sites for hydroxylation is 2. The summed E-state index contributed by atoms with van der Waals surface area (Å²) >= 11 is 0. The van der Waals surface area contributed by atoms with Crippen molar-refractivity contribution < 1.29 is 4.74 Å². The fourth-order valence-corrected chi connectivity index (χ4v) is 2.71. The third-order valence-electron chi connectivity index (χ3n) is 3.89. The largest absolute Gasteiger partial charge is 0.385 e. The molecule has 136 valence electrons. The first kappa shape index (κ1) is 20.5. The van der Waals surface area contributed by atoms with Gasteiger partial charge in [-0.3, -0.25) is 4.99 Å². The molecule has 0 aliphatic heterocycles. The molecule has 1 aromatic rings. The number of nitrogens with one attached hydrogen (secondary N) is 2. The van der Waals surface area contributed by atoms with E-state index in [2.05, 4.69) is 59.6 Å². The number of hydrogen-bond donors (Lipinski definition) is 2. The first-order chi connectivity index (χ1) is 11.5. The van der Waals surface area contributed by atoms with E-state index in [9.17, 15) is 0 Å². The Morgan fingerprint density at radius 3 is 2.38 bits per heavy atom. The van der Waals surface area contributed by atoms with Gasteiger partial charge in [-0.1, -0.05) is 29.3 Å². The average molecular weight is 335 g/mol. The van der Waals surface area contributed by atoms with E-state index in [0.29, 0.717) is 0 Å². The van der Waals surface area contributed by atoms with E-state index in [4.69, 9.17) is 4.74 Å². The number of ether oxygens (including phenoxy) is 1. The third-order valence-corrected chi connectivity index (χ3v) is 3.89. The summed E-state index contributed by atoms with van der Waals surface area (Å²) in [4.78, 5) is 6.58. The summed E-state index contributed by atoms with van der Waals surface area (Å²) in [5, 5.41) is 6.75. The van der Waals surface area contributed by atoms with Gasteiger partial charge in [-0.05, 0) is 39.3 Å². The van der Waals surface area contributed by atoms with E-state index in [0.717, 1.165) is 51.6 Å². The van der Waals surface area contributed by atoms with Crippen LogP contribution in [0, 0.1) is 13.8 Å². The summed E-state index contributed by atoms with van der Waals surface area (Å²) in [7, 11) is 5.69. The molecule has 0 aliphatic carbocycles. The summed E-state index contributed by atoms with van der Waals surface area (Å²) in [6.07, 6.45) is 2.07. The number of likely N-dealkylation sites (N-methyl/N-ethyl adjacent to an activating group) is 1. The van der Waals surface area contributed by atoms with Gasteiger partial charge < -0.3 is 20.3 Å². The van der Waals surface area contributed by atoms with Gasteiger partial charge in [0, 0.05) is 46.9 Å². The van der Waals surface area contributed by atoms with Crippen LogP contribution in [0.4, 0.5) is 0 Å². The van der Waals surface area contributed by atoms with E-state index in [-0.39, 0.29) is 0 Å². The van der Waals surface area contributed by atoms with E-state index in [1.54, 1.807) is 7.11 Å². The Balaban J connectivity index is 2.23. The maximum absolute atomic E-state index is 5.08. The molecule has 24 heavy (non-hydrogen) atoms. The molecule has 5 nitrogen and oxygen atoms in total. The minimum Gasteiger partial charge on any atom is -0.385 e. The highest BCUT2D eigenvalue weighted by Crippen LogP contribution is 2.08. The van der Waals surface area contributed by atoms with E-state index >= 15 is 0 Å². The number of benzene rings is 1. The summed E-state index contributed by atoms with van der Waals surface area (Å²) < 4.78 is 5.08. The van der Waals surface area contributed by atoms with Crippen molar-refractivity contribution in [3.63, 3.8) is 0 Å². The van der Waals surface area contributed by atoms with Gasteiger partial charge in [0.25, 0.3) is 0 Å². The number of hydrogen-bond acceptors (Lipinski definition) is 3. The summed E-state index contributed by atoms with van der Waals surface area (Å²) in [6, 6.07) is 6.71. The average Bonchev–Trinajstić information content (AvgIpc) is 2.52. The van der Waals surface area contributed by atoms with Gasteiger partial charge in [0.1, 0.15) is 0 Å². The minimum atomic E-state index is 0.819. The molecule has 0 radical (unpaired) electrons. The van der Waals surface area contributed by atoms with Gasteiger partial charge in [0.05, 0.1) is 0 Å². The quantitative estimate of drug-likeness (QED) is 0.390. The second kappa shape index (κ2) is 11.9. The minimum absolute atomic E-state index is 0.819. The molecule has 0 aliphatic rings. The lowest BCUT2D eigenvalue weighted by Crippen LogP contribution is -2.41. The number of methoxy groups -OCH3 is 1. The van der Waals surface area contributed by atoms with Crippen LogP contribution < -0.4 is 10.6 Å². The van der Waals surface area contributed by atoms with Crippen molar-refractivity contribution in [3.05, 3.63) is 34.9 Å². The van der Waals surface area contributed by atoms with Gasteiger partial charge in [0.15, 0.2) is 5.96 Å². The van der Waals surface area contributed by atoms with Crippen molar-refractivity contribution in [2.75, 3.05) is 54.0 Å². The number of rotatable bonds is 10. The van der Waals surface area contributed by atoms with Crippen molar-refractivity contribution >= 4 is 5.96 Å². The predicted octanol–water partition coefficient (Wildman–Crippen LogP) is 1.98. The molecule has 0 amide bonds. The highest BCUT2D eigenvalue weighted by Gasteiger charge is 2.01. The highest BCUT2D eigenvalue weighted by molar-refractivity contribution is 5.79. The number of aliphatic imine (C=N–C) groups is 1. The van der Waals surface area contributed by atoms with Crippen LogP contribution in [0.2, 0.25) is 0 Å². The zero-order chi connectivity index (χ0) is 17.8. The van der Waals surface area contributed by atoms with Gasteiger partial charge in [0.2, 0.25) is 0 Å². The molecule has 0 aromatic heterocycles. The lowest BCUT2D eigenvalue weighted by atomic mass is 10.1. The van der Waals surface area contributed by atoms with Crippen molar-refractivity contribution in [1.82, 2.24) is 15.5 Å². The molecule has 0 fully saturated rings. The fraction of sp³-hybridized carbons (Fsp3) is 0.632. The number of guanidine groups is 1. The van der Waals surface area contributed by atoms with Crippen LogP contribution in [0.5, 0.6) is 0 Å². The van der Waals surface area contributed by atoms with Crippen LogP contribution in [0.1, 0.15) is 23.1 Å². The van der Waals surface area contributed by atoms with Crippen LogP contribution >= 0.6 is 0 Å². The molecule has 0 unspecified atom stereocenters. The maximum Gasteiger partial charge on any atom is 0.191 e. The smallest absolute Gasteiger partial charge is 0.191 e. The Hall–Kier alpha value is -1.59. The summed E-state index contributed by atoms with van der Waals surface area (Å²) in [6.45, 7) is 8.91. The maximum atomic E-state index is 5.08. The molecule has 0 bridgehead atoms. The second-order valence-corrected chi connectivity index (χ2v) is 6.32. The predicted molar refractivity (Wildman–Crippen MR) is 103 cm³/mol. The van der Waals surface area contributed by atoms with Crippen LogP contribution in [-0.4, -0.2) is 64.9 Å². The van der Waals surface area contributed by atoms with E-state index in [1.807, 2.05) is 7.05 Å². The van der Waals surface area contributed by atoms with Crippen LogP contribution in [0.25, 0.3) is 0 Å². The van der Waals surface area contributed by atoms with E-state index in [1.165, 1.54) is 16.7 Å². The molecule has 1 rings (SSSR count). The van der Waals surface area contributed by atoms with Crippen LogP contribution in [-0.2, 0) is 11.2 Å². The first-order valence-electron chi connectivity index (χ1n) is 8.74. The van der Waals surface area contributed by atoms with Crippen molar-refractivity contribution in [1.29, 1.82) is 0 Å². The van der Waals surface area contributed by atoms with Crippen LogP contribution in [0.15, 0.2) is 23.2 Å². The highest BCUT2D eigenvalue weighted by atomic mass is 16.5. The summed E-state index contributed by atoms with van der Waals surface area (Å²) in [5.74, 6) is 0.865.